The standard InChI is InChI=1S/C22H31N7O2/c1-4-21(3)5-6-28(12-21)15-7-13(2)19-26-20(27-29(19)9-15)22-8-14(11-31-22)17(22)18(24)25-16(23)10-30/h7,9,14,17,30H,4-6,8,10-12H2,1-3H3,(H3,23,24,25)/p+1/t14?,17?,21-,22?/m0/s1. The highest BCUT2D eigenvalue weighted by Gasteiger charge is 2.68. The van der Waals surface area contributed by atoms with Crippen LogP contribution in [0, 0.1) is 24.2 Å². The van der Waals surface area contributed by atoms with Gasteiger partial charge in [0, 0.05) is 19.0 Å². The van der Waals surface area contributed by atoms with Gasteiger partial charge in [-0.1, -0.05) is 13.8 Å². The second-order valence-electron chi connectivity index (χ2n) is 9.75. The fourth-order valence-electron chi connectivity index (χ4n) is 5.48. The van der Waals surface area contributed by atoms with Crippen molar-refractivity contribution < 1.29 is 15.3 Å². The van der Waals surface area contributed by atoms with Crippen molar-refractivity contribution in [2.45, 2.75) is 45.6 Å². The molecule has 2 bridgehead atoms. The number of pyridine rings is 1. The van der Waals surface area contributed by atoms with Crippen LogP contribution in [0.2, 0.25) is 0 Å². The van der Waals surface area contributed by atoms with Gasteiger partial charge in [0.2, 0.25) is 5.84 Å². The van der Waals surface area contributed by atoms with E-state index in [1.54, 1.807) is 0 Å². The molecule has 9 heteroatoms. The molecule has 0 radical (unpaired) electrons. The fraction of sp³-hybridized carbons (Fsp3) is 0.636. The number of aliphatic hydroxyl groups excluding tert-OH is 1. The Morgan fingerprint density at radius 3 is 2.97 bits per heavy atom. The van der Waals surface area contributed by atoms with Gasteiger partial charge < -0.3 is 20.5 Å². The highest BCUT2D eigenvalue weighted by atomic mass is 16.5. The SMILES string of the molecule is CC[C@@]1(C)CCN(c2cc(C)c3nc(C45CC(CO4)C5C(=[NH2+])N=C(N)CO)nn3c2)C1. The largest absolute Gasteiger partial charge is 0.386 e. The van der Waals surface area contributed by atoms with Crippen molar-refractivity contribution in [2.24, 2.45) is 28.0 Å². The normalized spacial score (nSPS) is 32.6. The zero-order valence-corrected chi connectivity index (χ0v) is 18.5. The average Bonchev–Trinajstić information content (AvgIpc) is 3.49. The Morgan fingerprint density at radius 1 is 1.48 bits per heavy atom. The molecule has 2 aromatic heterocycles. The number of nitrogens with two attached hydrogens (primary N) is 2. The average molecular weight is 427 g/mol. The van der Waals surface area contributed by atoms with Crippen molar-refractivity contribution in [1.29, 1.82) is 0 Å². The number of amidine groups is 2. The van der Waals surface area contributed by atoms with E-state index in [2.05, 4.69) is 42.9 Å². The monoisotopic (exact) mass is 426 g/mol. The zero-order valence-electron chi connectivity index (χ0n) is 18.5. The number of anilines is 1. The number of aryl methyl sites for hydroxylation is 1. The van der Waals surface area contributed by atoms with Crippen molar-refractivity contribution in [3.63, 3.8) is 0 Å². The van der Waals surface area contributed by atoms with Gasteiger partial charge in [-0.3, -0.25) is 5.41 Å². The molecule has 4 atom stereocenters. The number of aromatic nitrogens is 3. The Labute approximate surface area is 181 Å². The van der Waals surface area contributed by atoms with Gasteiger partial charge in [-0.2, -0.15) is 0 Å². The number of rotatable bonds is 5. The lowest BCUT2D eigenvalue weighted by molar-refractivity contribution is -0.139. The third-order valence-corrected chi connectivity index (χ3v) is 7.61. The molecule has 6 rings (SSSR count). The molecule has 1 aliphatic carbocycles. The summed E-state index contributed by atoms with van der Waals surface area (Å²) in [6, 6.07) is 2.20. The molecule has 3 unspecified atom stereocenters. The summed E-state index contributed by atoms with van der Waals surface area (Å²) in [5.74, 6) is 1.28. The van der Waals surface area contributed by atoms with E-state index < -0.39 is 5.60 Å². The Morgan fingerprint density at radius 2 is 2.29 bits per heavy atom. The lowest BCUT2D eigenvalue weighted by atomic mass is 9.63. The highest BCUT2D eigenvalue weighted by molar-refractivity contribution is 5.96. The Hall–Kier alpha value is -2.52. The minimum absolute atomic E-state index is 0.104. The van der Waals surface area contributed by atoms with Crippen molar-refractivity contribution in [2.75, 3.05) is 31.2 Å². The van der Waals surface area contributed by atoms with Crippen LogP contribution in [0.4, 0.5) is 5.69 Å². The first kappa shape index (κ1) is 20.4. The molecule has 166 valence electrons. The van der Waals surface area contributed by atoms with E-state index in [9.17, 15) is 5.11 Å². The molecule has 9 nitrogen and oxygen atoms in total. The van der Waals surface area contributed by atoms with Gasteiger partial charge in [-0.15, -0.1) is 5.10 Å². The van der Waals surface area contributed by atoms with Crippen LogP contribution in [0.3, 0.4) is 0 Å². The molecule has 3 saturated heterocycles. The van der Waals surface area contributed by atoms with Crippen LogP contribution >= 0.6 is 0 Å². The predicted octanol–water partition coefficient (Wildman–Crippen LogP) is 0.0328. The van der Waals surface area contributed by atoms with Crippen LogP contribution in [-0.4, -0.2) is 57.7 Å². The minimum atomic E-state index is -0.666. The summed E-state index contributed by atoms with van der Waals surface area (Å²) in [5.41, 5.74) is 8.49. The van der Waals surface area contributed by atoms with E-state index in [1.807, 2.05) is 4.52 Å². The van der Waals surface area contributed by atoms with Crippen LogP contribution in [0.5, 0.6) is 0 Å². The maximum absolute atomic E-state index is 9.19. The molecular weight excluding hydrogens is 394 g/mol. The van der Waals surface area contributed by atoms with Crippen molar-refractivity contribution in [1.82, 2.24) is 14.6 Å². The van der Waals surface area contributed by atoms with Gasteiger partial charge in [-0.05, 0) is 48.2 Å². The van der Waals surface area contributed by atoms with Gasteiger partial charge in [0.25, 0.3) is 5.84 Å². The molecule has 0 aromatic carbocycles. The summed E-state index contributed by atoms with van der Waals surface area (Å²) in [7, 11) is 0. The molecule has 4 aliphatic rings. The Kier molecular flexibility index (Phi) is 4.60. The van der Waals surface area contributed by atoms with E-state index in [0.29, 0.717) is 23.7 Å². The van der Waals surface area contributed by atoms with Crippen LogP contribution in [0.15, 0.2) is 17.3 Å². The molecule has 5 N–H and O–H groups in total. The lowest BCUT2D eigenvalue weighted by Crippen LogP contribution is -2.58. The van der Waals surface area contributed by atoms with Crippen molar-refractivity contribution in [3.05, 3.63) is 23.7 Å². The summed E-state index contributed by atoms with van der Waals surface area (Å²) < 4.78 is 8.05. The quantitative estimate of drug-likeness (QED) is 0.457. The first-order valence-electron chi connectivity index (χ1n) is 11.1. The van der Waals surface area contributed by atoms with Crippen molar-refractivity contribution >= 4 is 23.0 Å². The van der Waals surface area contributed by atoms with E-state index in [4.69, 9.17) is 26.0 Å². The molecule has 1 saturated carbocycles. The van der Waals surface area contributed by atoms with Gasteiger partial charge in [-0.25, -0.2) is 9.50 Å². The molecule has 5 heterocycles. The summed E-state index contributed by atoms with van der Waals surface area (Å²) in [6.45, 7) is 9.10. The molecule has 0 spiro atoms. The third-order valence-electron chi connectivity index (χ3n) is 7.61. The molecule has 3 aliphatic heterocycles. The number of fused-ring (bicyclic) bond motifs is 2. The van der Waals surface area contributed by atoms with Gasteiger partial charge in [0.05, 0.1) is 18.5 Å². The third kappa shape index (κ3) is 3.05. The van der Waals surface area contributed by atoms with Gasteiger partial charge in [0.1, 0.15) is 18.1 Å². The predicted molar refractivity (Wildman–Crippen MR) is 118 cm³/mol. The molecule has 4 fully saturated rings. The summed E-state index contributed by atoms with van der Waals surface area (Å²) in [4.78, 5) is 11.5. The Balaban J connectivity index is 1.48. The number of aliphatic imine (C=N–C) groups is 1. The van der Waals surface area contributed by atoms with Crippen LogP contribution < -0.4 is 16.0 Å². The maximum Gasteiger partial charge on any atom is 0.298 e. The summed E-state index contributed by atoms with van der Waals surface area (Å²) in [6.07, 6.45) is 5.28. The number of ether oxygens (including phenoxy) is 1. The lowest BCUT2D eigenvalue weighted by Gasteiger charge is -2.39. The summed E-state index contributed by atoms with van der Waals surface area (Å²) >= 11 is 0. The molecule has 31 heavy (non-hydrogen) atoms. The number of aliphatic hydroxyl groups is 1. The second kappa shape index (κ2) is 7.00. The summed E-state index contributed by atoms with van der Waals surface area (Å²) in [5, 5.41) is 20.3. The maximum atomic E-state index is 9.19. The van der Waals surface area contributed by atoms with Crippen molar-refractivity contribution in [3.8, 4) is 0 Å². The topological polar surface area (TPSA) is 127 Å². The second-order valence-corrected chi connectivity index (χ2v) is 9.75. The highest BCUT2D eigenvalue weighted by Crippen LogP contribution is 2.59. The van der Waals surface area contributed by atoms with Crippen LogP contribution in [0.25, 0.3) is 5.65 Å². The van der Waals surface area contributed by atoms with Crippen LogP contribution in [-0.2, 0) is 10.3 Å². The zero-order chi connectivity index (χ0) is 22.0. The molecular formula is C22H32N7O2+. The first-order chi connectivity index (χ1) is 14.8. The van der Waals surface area contributed by atoms with Gasteiger partial charge >= 0.3 is 0 Å². The molecule has 2 aromatic rings. The van der Waals surface area contributed by atoms with E-state index in [-0.39, 0.29) is 24.3 Å². The Bertz CT molecular complexity index is 1080. The minimum Gasteiger partial charge on any atom is -0.386 e. The smallest absolute Gasteiger partial charge is 0.298 e. The van der Waals surface area contributed by atoms with E-state index in [1.165, 1.54) is 18.5 Å². The number of nitrogens with zero attached hydrogens (tertiary/aromatic N) is 5. The molecule has 0 amide bonds. The van der Waals surface area contributed by atoms with Gasteiger partial charge in [0.15, 0.2) is 11.5 Å². The number of hydrogen-bond acceptors (Lipinski definition) is 5. The number of hydrogen-bond donors (Lipinski definition) is 3. The fourth-order valence-corrected chi connectivity index (χ4v) is 5.48. The van der Waals surface area contributed by atoms with Crippen LogP contribution in [0.1, 0.15) is 44.5 Å². The van der Waals surface area contributed by atoms with E-state index in [0.717, 1.165) is 30.7 Å². The van der Waals surface area contributed by atoms with E-state index >= 15 is 0 Å². The first-order valence-corrected chi connectivity index (χ1v) is 11.1.